The molecule has 0 saturated heterocycles. The highest BCUT2D eigenvalue weighted by molar-refractivity contribution is 14.1. The average molecular weight is 500 g/mol. The molecule has 2 aromatic rings. The van der Waals surface area contributed by atoms with Crippen LogP contribution in [0.1, 0.15) is 11.1 Å². The van der Waals surface area contributed by atoms with Gasteiger partial charge in [-0.2, -0.15) is 13.2 Å². The molecule has 0 aliphatic heterocycles. The van der Waals surface area contributed by atoms with E-state index in [1.165, 1.54) is 12.1 Å². The predicted octanol–water partition coefficient (Wildman–Crippen LogP) is 6.05. The first-order valence-corrected chi connectivity index (χ1v) is 8.45. The first kappa shape index (κ1) is 17.7. The average Bonchev–Trinajstić information content (AvgIpc) is 2.42. The van der Waals surface area contributed by atoms with Gasteiger partial charge in [-0.1, -0.05) is 40.3 Å². The number of anilines is 1. The van der Waals surface area contributed by atoms with Gasteiger partial charge in [-0.25, -0.2) is 0 Å². The molecule has 0 heterocycles. The molecule has 0 atom stereocenters. The summed E-state index contributed by atoms with van der Waals surface area (Å²) < 4.78 is 39.5. The van der Waals surface area contributed by atoms with E-state index in [0.717, 1.165) is 31.4 Å². The van der Waals surface area contributed by atoms with E-state index in [0.29, 0.717) is 11.4 Å². The second-order valence-corrected chi connectivity index (χ2v) is 7.11. The van der Waals surface area contributed by atoms with Crippen LogP contribution in [0.4, 0.5) is 18.9 Å². The number of halogens is 5. The maximum atomic E-state index is 12.5. The van der Waals surface area contributed by atoms with Crippen LogP contribution in [0.3, 0.4) is 0 Å². The van der Waals surface area contributed by atoms with Gasteiger partial charge in [0.2, 0.25) is 0 Å². The maximum Gasteiger partial charge on any atom is 0.416 e. The summed E-state index contributed by atoms with van der Waals surface area (Å²) in [6.07, 6.45) is -3.93. The number of rotatable bonds is 3. The molecule has 0 fully saturated rings. The van der Waals surface area contributed by atoms with E-state index in [1.54, 1.807) is 0 Å². The summed E-state index contributed by atoms with van der Waals surface area (Å²) in [5, 5.41) is 3.12. The van der Waals surface area contributed by atoms with Crippen molar-refractivity contribution in [2.45, 2.75) is 12.6 Å². The van der Waals surface area contributed by atoms with Gasteiger partial charge in [-0.15, -0.1) is 0 Å². The van der Waals surface area contributed by atoms with Crippen LogP contribution in [0, 0.1) is 3.57 Å². The zero-order valence-electron chi connectivity index (χ0n) is 11.0. The van der Waals surface area contributed by atoms with Crippen LogP contribution in [-0.4, -0.2) is 4.99 Å². The smallest absolute Gasteiger partial charge is 0.349 e. The molecule has 0 unspecified atom stereocenters. The standard InChI is InChI=1S/C15H10BrF3INS/c16-11-5-6-12(20)13(8-11)21-14(22)7-9-1-3-10(4-2-9)15(17,18)19/h1-6,8H,7H2,(H,21,22). The number of hydrogen-bond acceptors (Lipinski definition) is 1. The molecular formula is C15H10BrF3INS. The molecule has 0 spiro atoms. The molecule has 0 aliphatic rings. The summed E-state index contributed by atoms with van der Waals surface area (Å²) in [6, 6.07) is 10.8. The molecule has 0 saturated carbocycles. The molecule has 0 bridgehead atoms. The highest BCUT2D eigenvalue weighted by Gasteiger charge is 2.29. The summed E-state index contributed by atoms with van der Waals surface area (Å²) in [5.74, 6) is 0. The molecular weight excluding hydrogens is 490 g/mol. The Balaban J connectivity index is 2.04. The summed E-state index contributed by atoms with van der Waals surface area (Å²) in [5.41, 5.74) is 0.944. The Bertz CT molecular complexity index is 686. The van der Waals surface area contributed by atoms with E-state index >= 15 is 0 Å². The molecule has 0 radical (unpaired) electrons. The van der Waals surface area contributed by atoms with E-state index in [4.69, 9.17) is 12.2 Å². The number of hydrogen-bond donors (Lipinski definition) is 1. The van der Waals surface area contributed by atoms with Gasteiger partial charge in [0.25, 0.3) is 0 Å². The quantitative estimate of drug-likeness (QED) is 0.407. The largest absolute Gasteiger partial charge is 0.416 e. The van der Waals surface area contributed by atoms with E-state index < -0.39 is 11.7 Å². The van der Waals surface area contributed by atoms with Gasteiger partial charge in [0.15, 0.2) is 0 Å². The molecule has 0 aromatic heterocycles. The molecule has 0 aliphatic carbocycles. The molecule has 2 rings (SSSR count). The van der Waals surface area contributed by atoms with E-state index in [1.807, 2.05) is 18.2 Å². The van der Waals surface area contributed by atoms with Gasteiger partial charge in [-0.05, 0) is 58.5 Å². The van der Waals surface area contributed by atoms with Crippen molar-refractivity contribution >= 4 is 61.4 Å². The zero-order valence-corrected chi connectivity index (χ0v) is 15.6. The highest BCUT2D eigenvalue weighted by atomic mass is 127. The third kappa shape index (κ3) is 4.92. The minimum Gasteiger partial charge on any atom is -0.349 e. The van der Waals surface area contributed by atoms with Crippen molar-refractivity contribution in [2.75, 3.05) is 5.32 Å². The Labute approximate surface area is 153 Å². The Morgan fingerprint density at radius 2 is 1.77 bits per heavy atom. The van der Waals surface area contributed by atoms with Crippen LogP contribution in [-0.2, 0) is 12.6 Å². The summed E-state index contributed by atoms with van der Waals surface area (Å²) in [7, 11) is 0. The van der Waals surface area contributed by atoms with Crippen LogP contribution < -0.4 is 5.32 Å². The molecule has 22 heavy (non-hydrogen) atoms. The Morgan fingerprint density at radius 3 is 2.36 bits per heavy atom. The molecule has 1 N–H and O–H groups in total. The van der Waals surface area contributed by atoms with Crippen molar-refractivity contribution in [3.8, 4) is 0 Å². The maximum absolute atomic E-state index is 12.5. The van der Waals surface area contributed by atoms with E-state index in [9.17, 15) is 13.2 Å². The predicted molar refractivity (Wildman–Crippen MR) is 98.2 cm³/mol. The molecule has 1 nitrogen and oxygen atoms in total. The second kappa shape index (κ2) is 7.27. The number of thiocarbonyl (C=S) groups is 1. The lowest BCUT2D eigenvalue weighted by molar-refractivity contribution is -0.137. The van der Waals surface area contributed by atoms with E-state index in [-0.39, 0.29) is 0 Å². The first-order valence-electron chi connectivity index (χ1n) is 6.17. The fourth-order valence-electron chi connectivity index (χ4n) is 1.78. The zero-order chi connectivity index (χ0) is 16.3. The minimum absolute atomic E-state index is 0.385. The van der Waals surface area contributed by atoms with Gasteiger partial charge in [-0.3, -0.25) is 0 Å². The summed E-state index contributed by atoms with van der Waals surface area (Å²) >= 11 is 10.8. The molecule has 0 amide bonds. The molecule has 116 valence electrons. The monoisotopic (exact) mass is 499 g/mol. The van der Waals surface area contributed by atoms with Crippen molar-refractivity contribution in [1.82, 2.24) is 0 Å². The van der Waals surface area contributed by atoms with E-state index in [2.05, 4.69) is 43.8 Å². The van der Waals surface area contributed by atoms with Crippen LogP contribution in [0.5, 0.6) is 0 Å². The first-order chi connectivity index (χ1) is 10.3. The fourth-order valence-corrected chi connectivity index (χ4v) is 2.89. The number of alkyl halides is 3. The summed E-state index contributed by atoms with van der Waals surface area (Å²) in [6.45, 7) is 0. The molecule has 2 aromatic carbocycles. The topological polar surface area (TPSA) is 12.0 Å². The lowest BCUT2D eigenvalue weighted by atomic mass is 10.1. The van der Waals surface area contributed by atoms with Crippen LogP contribution in [0.15, 0.2) is 46.9 Å². The van der Waals surface area contributed by atoms with Crippen LogP contribution in [0.2, 0.25) is 0 Å². The lowest BCUT2D eigenvalue weighted by Gasteiger charge is -2.11. The number of nitrogens with one attached hydrogen (secondary N) is 1. The normalized spacial score (nSPS) is 11.3. The van der Waals surface area contributed by atoms with Crippen molar-refractivity contribution in [3.05, 3.63) is 61.6 Å². The van der Waals surface area contributed by atoms with Crippen molar-refractivity contribution in [2.24, 2.45) is 0 Å². The van der Waals surface area contributed by atoms with Gasteiger partial charge < -0.3 is 5.32 Å². The third-order valence-corrected chi connectivity index (χ3v) is 4.53. The Hall–Kier alpha value is -0.670. The summed E-state index contributed by atoms with van der Waals surface area (Å²) in [4.78, 5) is 0.552. The lowest BCUT2D eigenvalue weighted by Crippen LogP contribution is -2.13. The van der Waals surface area contributed by atoms with Crippen molar-refractivity contribution in [1.29, 1.82) is 0 Å². The Morgan fingerprint density at radius 1 is 1.14 bits per heavy atom. The molecule has 7 heteroatoms. The van der Waals surface area contributed by atoms with Gasteiger partial charge in [0.05, 0.1) is 16.2 Å². The SMILES string of the molecule is FC(F)(F)c1ccc(CC(=S)Nc2cc(Br)ccc2I)cc1. The fraction of sp³-hybridized carbons (Fsp3) is 0.133. The van der Waals surface area contributed by atoms with Gasteiger partial charge in [0.1, 0.15) is 0 Å². The van der Waals surface area contributed by atoms with Gasteiger partial charge in [0, 0.05) is 14.5 Å². The Kier molecular flexibility index (Phi) is 5.84. The van der Waals surface area contributed by atoms with Crippen molar-refractivity contribution < 1.29 is 13.2 Å². The van der Waals surface area contributed by atoms with Gasteiger partial charge >= 0.3 is 6.18 Å². The third-order valence-electron chi connectivity index (χ3n) is 2.85. The number of benzene rings is 2. The van der Waals surface area contributed by atoms with Crippen LogP contribution >= 0.6 is 50.7 Å². The highest BCUT2D eigenvalue weighted by Crippen LogP contribution is 2.29. The second-order valence-electron chi connectivity index (χ2n) is 4.54. The van der Waals surface area contributed by atoms with Crippen molar-refractivity contribution in [3.63, 3.8) is 0 Å². The minimum atomic E-state index is -4.32. The van der Waals surface area contributed by atoms with Crippen LogP contribution in [0.25, 0.3) is 0 Å².